The Kier molecular flexibility index (Phi) is 5.50. The van der Waals surface area contributed by atoms with E-state index in [1.54, 1.807) is 25.3 Å². The molecule has 1 aliphatic heterocycles. The van der Waals surface area contributed by atoms with E-state index in [-0.39, 0.29) is 48.2 Å². The number of nitrogens with zero attached hydrogens (tertiary/aromatic N) is 5. The zero-order chi connectivity index (χ0) is 24.9. The van der Waals surface area contributed by atoms with Gasteiger partial charge in [-0.15, -0.1) is 5.10 Å². The standard InChI is InChI=1S/C22H20F2N6O4S/c1-13-16(12-25-30(13)22-26-20(31)19-3-2-8-29(19)27-22)21(32)28-9-6-14(7-10-28)35(33,34)15-4-5-17(23)18(24)11-15/h2-5,8,11-12,14H,6-7,9-10H2,1H3,(H,26,27,31). The Hall–Kier alpha value is -3.87. The van der Waals surface area contributed by atoms with Gasteiger partial charge in [-0.05, 0) is 50.1 Å². The molecule has 1 aliphatic rings. The number of halogens is 2. The zero-order valence-corrected chi connectivity index (χ0v) is 19.3. The minimum absolute atomic E-state index is 0.145. The number of fused-ring (bicyclic) bond motifs is 1. The van der Waals surface area contributed by atoms with E-state index in [1.165, 1.54) is 20.3 Å². The van der Waals surface area contributed by atoms with Gasteiger partial charge in [0.05, 0.1) is 27.6 Å². The first-order chi connectivity index (χ1) is 16.7. The van der Waals surface area contributed by atoms with E-state index >= 15 is 0 Å². The molecule has 0 spiro atoms. The molecule has 5 rings (SSSR count). The molecule has 10 nitrogen and oxygen atoms in total. The number of likely N-dealkylation sites (tertiary alicyclic amines) is 1. The highest BCUT2D eigenvalue weighted by Crippen LogP contribution is 2.27. The Bertz CT molecular complexity index is 1620. The van der Waals surface area contributed by atoms with Crippen LogP contribution in [0.2, 0.25) is 0 Å². The van der Waals surface area contributed by atoms with Gasteiger partial charge in [-0.1, -0.05) is 0 Å². The molecule has 0 unspecified atom stereocenters. The molecule has 4 aromatic rings. The average molecular weight is 503 g/mol. The summed E-state index contributed by atoms with van der Waals surface area (Å²) >= 11 is 0. The summed E-state index contributed by atoms with van der Waals surface area (Å²) < 4.78 is 55.3. The highest BCUT2D eigenvalue weighted by molar-refractivity contribution is 7.92. The van der Waals surface area contributed by atoms with Crippen LogP contribution in [0.1, 0.15) is 28.9 Å². The fourth-order valence-corrected chi connectivity index (χ4v) is 5.99. The number of benzene rings is 1. The van der Waals surface area contributed by atoms with Gasteiger partial charge in [-0.25, -0.2) is 26.4 Å². The van der Waals surface area contributed by atoms with Crippen LogP contribution in [0, 0.1) is 18.6 Å². The molecule has 13 heteroatoms. The third-order valence-corrected chi connectivity index (χ3v) is 8.48. The van der Waals surface area contributed by atoms with E-state index in [0.29, 0.717) is 22.8 Å². The molecule has 35 heavy (non-hydrogen) atoms. The lowest BCUT2D eigenvalue weighted by atomic mass is 10.1. The van der Waals surface area contributed by atoms with Crippen molar-refractivity contribution in [1.29, 1.82) is 0 Å². The predicted octanol–water partition coefficient (Wildman–Crippen LogP) is 1.87. The van der Waals surface area contributed by atoms with Crippen molar-refractivity contribution in [2.75, 3.05) is 13.1 Å². The maximum atomic E-state index is 13.6. The van der Waals surface area contributed by atoms with E-state index < -0.39 is 26.7 Å². The number of hydrogen-bond acceptors (Lipinski definition) is 6. The van der Waals surface area contributed by atoms with Crippen LogP contribution in [-0.4, -0.2) is 61.9 Å². The normalized spacial score (nSPS) is 15.1. The van der Waals surface area contributed by atoms with Crippen LogP contribution >= 0.6 is 0 Å². The summed E-state index contributed by atoms with van der Waals surface area (Å²) in [6, 6.07) is 5.83. The minimum Gasteiger partial charge on any atom is -0.338 e. The fourth-order valence-electron chi connectivity index (χ4n) is 4.25. The summed E-state index contributed by atoms with van der Waals surface area (Å²) in [5.74, 6) is -2.53. The quantitative estimate of drug-likeness (QED) is 0.425. The first kappa shape index (κ1) is 22.9. The second-order valence-corrected chi connectivity index (χ2v) is 10.5. The number of sulfone groups is 1. The van der Waals surface area contributed by atoms with Crippen molar-refractivity contribution in [3.8, 4) is 5.95 Å². The van der Waals surface area contributed by atoms with Crippen LogP contribution in [0.5, 0.6) is 0 Å². The number of carbonyl (C=O) groups excluding carboxylic acids is 1. The molecule has 3 aromatic heterocycles. The number of aromatic nitrogens is 5. The van der Waals surface area contributed by atoms with Crippen molar-refractivity contribution >= 4 is 21.3 Å². The smallest absolute Gasteiger partial charge is 0.276 e. The number of rotatable bonds is 4. The second kappa shape index (κ2) is 8.41. The maximum Gasteiger partial charge on any atom is 0.276 e. The van der Waals surface area contributed by atoms with E-state index in [1.807, 2.05) is 0 Å². The molecule has 0 bridgehead atoms. The summed E-state index contributed by atoms with van der Waals surface area (Å²) in [5, 5.41) is 7.70. The lowest BCUT2D eigenvalue weighted by molar-refractivity contribution is 0.0725. The Morgan fingerprint density at radius 2 is 1.89 bits per heavy atom. The topological polar surface area (TPSA) is 122 Å². The molecule has 1 amide bonds. The molecule has 182 valence electrons. The number of amides is 1. The molecule has 0 atom stereocenters. The number of aromatic amines is 1. The summed E-state index contributed by atoms with van der Waals surface area (Å²) in [5.41, 5.74) is 0.770. The fraction of sp³-hybridized carbons (Fsp3) is 0.273. The van der Waals surface area contributed by atoms with Crippen molar-refractivity contribution in [3.63, 3.8) is 0 Å². The van der Waals surface area contributed by atoms with Gasteiger partial charge in [0.1, 0.15) is 5.52 Å². The van der Waals surface area contributed by atoms with Crippen LogP contribution in [0.15, 0.2) is 52.4 Å². The van der Waals surface area contributed by atoms with Crippen LogP contribution < -0.4 is 5.56 Å². The lowest BCUT2D eigenvalue weighted by Crippen LogP contribution is -2.42. The van der Waals surface area contributed by atoms with Crippen molar-refractivity contribution in [2.24, 2.45) is 0 Å². The van der Waals surface area contributed by atoms with E-state index in [4.69, 9.17) is 0 Å². The molecule has 1 N–H and O–H groups in total. The van der Waals surface area contributed by atoms with Gasteiger partial charge in [0.25, 0.3) is 11.5 Å². The van der Waals surface area contributed by atoms with Crippen LogP contribution in [0.3, 0.4) is 0 Å². The zero-order valence-electron chi connectivity index (χ0n) is 18.5. The molecule has 4 heterocycles. The number of hydrogen-bond donors (Lipinski definition) is 1. The Morgan fingerprint density at radius 1 is 1.14 bits per heavy atom. The van der Waals surface area contributed by atoms with Gasteiger partial charge in [0, 0.05) is 19.3 Å². The molecular formula is C22H20F2N6O4S. The summed E-state index contributed by atoms with van der Waals surface area (Å²) in [6.45, 7) is 2.00. The first-order valence-electron chi connectivity index (χ1n) is 10.8. The van der Waals surface area contributed by atoms with E-state index in [0.717, 1.165) is 12.1 Å². The van der Waals surface area contributed by atoms with E-state index in [2.05, 4.69) is 15.2 Å². The first-order valence-corrected chi connectivity index (χ1v) is 12.3. The third-order valence-electron chi connectivity index (χ3n) is 6.22. The van der Waals surface area contributed by atoms with Crippen LogP contribution in [0.25, 0.3) is 11.5 Å². The molecule has 0 radical (unpaired) electrons. The second-order valence-electron chi connectivity index (χ2n) is 8.28. The third kappa shape index (κ3) is 3.91. The molecule has 0 aliphatic carbocycles. The summed E-state index contributed by atoms with van der Waals surface area (Å²) in [4.78, 5) is 29.3. The Balaban J connectivity index is 1.33. The van der Waals surface area contributed by atoms with Crippen molar-refractivity contribution in [3.05, 3.63) is 76.0 Å². The molecule has 1 fully saturated rings. The molecule has 0 saturated carbocycles. The monoisotopic (exact) mass is 502 g/mol. The van der Waals surface area contributed by atoms with Gasteiger partial charge in [0.2, 0.25) is 5.95 Å². The average Bonchev–Trinajstić information content (AvgIpc) is 3.47. The van der Waals surface area contributed by atoms with Crippen molar-refractivity contribution in [2.45, 2.75) is 29.9 Å². The number of H-pyrrole nitrogens is 1. The highest BCUT2D eigenvalue weighted by atomic mass is 32.2. The van der Waals surface area contributed by atoms with Crippen molar-refractivity contribution in [1.82, 2.24) is 29.3 Å². The van der Waals surface area contributed by atoms with Crippen molar-refractivity contribution < 1.29 is 22.0 Å². The van der Waals surface area contributed by atoms with Gasteiger partial charge in [-0.3, -0.25) is 14.6 Å². The number of nitrogens with one attached hydrogen (secondary N) is 1. The Morgan fingerprint density at radius 3 is 2.60 bits per heavy atom. The number of carbonyl (C=O) groups is 1. The maximum absolute atomic E-state index is 13.6. The number of piperidine rings is 1. The Labute approximate surface area is 197 Å². The largest absolute Gasteiger partial charge is 0.338 e. The minimum atomic E-state index is -3.88. The van der Waals surface area contributed by atoms with Gasteiger partial charge >= 0.3 is 0 Å². The van der Waals surface area contributed by atoms with Gasteiger partial charge < -0.3 is 4.90 Å². The summed E-state index contributed by atoms with van der Waals surface area (Å²) in [6.07, 6.45) is 3.30. The predicted molar refractivity (Wildman–Crippen MR) is 120 cm³/mol. The SMILES string of the molecule is Cc1c(C(=O)N2CCC(S(=O)(=O)c3ccc(F)c(F)c3)CC2)cnn1-c1nn2cccc2c(=O)[nH]1. The van der Waals surface area contributed by atoms with Crippen LogP contribution in [0.4, 0.5) is 8.78 Å². The van der Waals surface area contributed by atoms with Gasteiger partial charge in [-0.2, -0.15) is 5.10 Å². The highest BCUT2D eigenvalue weighted by Gasteiger charge is 2.34. The molecular weight excluding hydrogens is 482 g/mol. The van der Waals surface area contributed by atoms with Crippen LogP contribution in [-0.2, 0) is 9.84 Å². The molecule has 1 saturated heterocycles. The molecule has 1 aromatic carbocycles. The summed E-state index contributed by atoms with van der Waals surface area (Å²) in [7, 11) is -3.88. The lowest BCUT2D eigenvalue weighted by Gasteiger charge is -2.31. The van der Waals surface area contributed by atoms with Gasteiger partial charge in [0.15, 0.2) is 21.5 Å². The van der Waals surface area contributed by atoms with E-state index in [9.17, 15) is 26.8 Å².